The van der Waals surface area contributed by atoms with Crippen molar-refractivity contribution in [2.24, 2.45) is 0 Å². The van der Waals surface area contributed by atoms with Crippen molar-refractivity contribution < 1.29 is 24.5 Å². The number of unbranched alkanes of at least 4 members (excludes halogenated alkanes) is 51. The fraction of sp³-hybridized carbons (Fsp3) is 0.889. The van der Waals surface area contributed by atoms with E-state index >= 15 is 0 Å². The molecule has 0 saturated heterocycles. The molecule has 0 aliphatic carbocycles. The number of hydrogen-bond donors (Lipinski definition) is 3. The molecule has 0 aliphatic heterocycles. The minimum absolute atomic E-state index is 0.0117. The van der Waals surface area contributed by atoms with Gasteiger partial charge in [-0.3, -0.25) is 9.59 Å². The van der Waals surface area contributed by atoms with E-state index in [0.29, 0.717) is 19.4 Å². The summed E-state index contributed by atoms with van der Waals surface area (Å²) in [5.41, 5.74) is 0. The SMILES string of the molecule is CCCCCCCCCCCCCCCCCCCCC/C=C/C(O)C(CO)NC(=O)CCCCCCCCCCCCCCC/C=C\C/C=C\CCCCCCCCCCCOC(=O)CCCCCCCCCCCCC. The van der Waals surface area contributed by atoms with Crippen molar-refractivity contribution in [1.82, 2.24) is 5.32 Å². The maximum atomic E-state index is 12.5. The Morgan fingerprint density at radius 2 is 0.641 bits per heavy atom. The molecular formula is C72H137NO5. The minimum atomic E-state index is -0.846. The van der Waals surface area contributed by atoms with Crippen LogP contribution in [-0.2, 0) is 14.3 Å². The van der Waals surface area contributed by atoms with E-state index in [4.69, 9.17) is 4.74 Å². The second-order valence-corrected chi connectivity index (χ2v) is 24.2. The van der Waals surface area contributed by atoms with Crippen LogP contribution in [0.25, 0.3) is 0 Å². The van der Waals surface area contributed by atoms with Crippen LogP contribution in [0.2, 0.25) is 0 Å². The Hall–Kier alpha value is -1.92. The van der Waals surface area contributed by atoms with Crippen LogP contribution in [0.3, 0.4) is 0 Å². The number of nitrogens with one attached hydrogen (secondary N) is 1. The first-order valence-electron chi connectivity index (χ1n) is 35.3. The Morgan fingerprint density at radius 1 is 0.359 bits per heavy atom. The maximum Gasteiger partial charge on any atom is 0.305 e. The molecule has 2 atom stereocenters. The zero-order valence-electron chi connectivity index (χ0n) is 52.7. The summed E-state index contributed by atoms with van der Waals surface area (Å²) in [4.78, 5) is 24.5. The van der Waals surface area contributed by atoms with Gasteiger partial charge < -0.3 is 20.3 Å². The number of esters is 1. The number of carbonyl (C=O) groups is 2. The number of rotatable bonds is 66. The molecule has 2 unspecified atom stereocenters. The molecule has 0 spiro atoms. The van der Waals surface area contributed by atoms with Gasteiger partial charge in [-0.2, -0.15) is 0 Å². The Balaban J connectivity index is 3.44. The molecule has 0 heterocycles. The van der Waals surface area contributed by atoms with Crippen LogP contribution in [-0.4, -0.2) is 47.4 Å². The van der Waals surface area contributed by atoms with Crippen molar-refractivity contribution in [2.45, 2.75) is 398 Å². The molecule has 3 N–H and O–H groups in total. The Kier molecular flexibility index (Phi) is 65.9. The Bertz CT molecular complexity index is 1260. The third-order valence-corrected chi connectivity index (χ3v) is 16.4. The number of carbonyl (C=O) groups excluding carboxylic acids is 2. The summed E-state index contributed by atoms with van der Waals surface area (Å²) in [5, 5.41) is 23.2. The van der Waals surface area contributed by atoms with Gasteiger partial charge in [-0.25, -0.2) is 0 Å². The highest BCUT2D eigenvalue weighted by Gasteiger charge is 2.18. The van der Waals surface area contributed by atoms with Crippen LogP contribution in [0.4, 0.5) is 0 Å². The first kappa shape index (κ1) is 76.1. The molecule has 0 aliphatic rings. The van der Waals surface area contributed by atoms with Gasteiger partial charge in [-0.05, 0) is 64.2 Å². The average molecular weight is 1100 g/mol. The second kappa shape index (κ2) is 67.6. The molecule has 0 aromatic carbocycles. The van der Waals surface area contributed by atoms with E-state index in [-0.39, 0.29) is 18.5 Å². The van der Waals surface area contributed by atoms with Crippen molar-refractivity contribution in [3.05, 3.63) is 36.5 Å². The van der Waals surface area contributed by atoms with Gasteiger partial charge in [-0.1, -0.05) is 346 Å². The number of aliphatic hydroxyl groups excluding tert-OH is 2. The zero-order chi connectivity index (χ0) is 56.4. The lowest BCUT2D eigenvalue weighted by Crippen LogP contribution is -2.45. The summed E-state index contributed by atoms with van der Waals surface area (Å²) in [6.07, 6.45) is 86.5. The number of allylic oxidation sites excluding steroid dienone is 5. The van der Waals surface area contributed by atoms with Gasteiger partial charge in [0.1, 0.15) is 0 Å². The molecule has 0 radical (unpaired) electrons. The molecule has 6 nitrogen and oxygen atoms in total. The van der Waals surface area contributed by atoms with E-state index in [1.165, 1.54) is 315 Å². The highest BCUT2D eigenvalue weighted by atomic mass is 16.5. The standard InChI is InChI=1S/C72H137NO5/c1-3-5-7-9-11-13-15-16-17-18-19-29-32-35-38-41-45-48-52-56-60-64-70(75)69(68-74)73-71(76)65-61-57-53-49-46-42-39-36-33-30-27-25-23-21-20-22-24-26-28-31-34-37-40-43-47-51-55-59-63-67-78-72(77)66-62-58-54-50-44-14-12-10-8-6-4-2/h20,22,26,28,60,64,69-70,74-75H,3-19,21,23-25,27,29-59,61-63,65-68H2,1-2H3,(H,73,76)/b22-20-,28-26-,64-60+. The molecular weight excluding hydrogens is 959 g/mol. The number of aliphatic hydroxyl groups is 2. The quantitative estimate of drug-likeness (QED) is 0.0320. The monoisotopic (exact) mass is 1100 g/mol. The smallest absolute Gasteiger partial charge is 0.305 e. The third-order valence-electron chi connectivity index (χ3n) is 16.4. The molecule has 78 heavy (non-hydrogen) atoms. The third kappa shape index (κ3) is 63.3. The van der Waals surface area contributed by atoms with Gasteiger partial charge in [-0.15, -0.1) is 0 Å². The fourth-order valence-corrected chi connectivity index (χ4v) is 11.0. The highest BCUT2D eigenvalue weighted by molar-refractivity contribution is 5.76. The van der Waals surface area contributed by atoms with Crippen LogP contribution in [0.1, 0.15) is 386 Å². The van der Waals surface area contributed by atoms with E-state index in [1.807, 2.05) is 6.08 Å². The molecule has 0 bridgehead atoms. The zero-order valence-corrected chi connectivity index (χ0v) is 52.7. The van der Waals surface area contributed by atoms with Crippen LogP contribution < -0.4 is 5.32 Å². The second-order valence-electron chi connectivity index (χ2n) is 24.2. The van der Waals surface area contributed by atoms with Crippen molar-refractivity contribution in [1.29, 1.82) is 0 Å². The van der Waals surface area contributed by atoms with E-state index < -0.39 is 12.1 Å². The first-order chi connectivity index (χ1) is 38.5. The lowest BCUT2D eigenvalue weighted by atomic mass is 10.0. The maximum absolute atomic E-state index is 12.5. The predicted octanol–water partition coefficient (Wildman–Crippen LogP) is 22.7. The molecule has 0 rings (SSSR count). The van der Waals surface area contributed by atoms with Crippen molar-refractivity contribution >= 4 is 11.9 Å². The van der Waals surface area contributed by atoms with E-state index in [9.17, 15) is 19.8 Å². The summed E-state index contributed by atoms with van der Waals surface area (Å²) in [6.45, 7) is 4.93. The van der Waals surface area contributed by atoms with Crippen LogP contribution in [0, 0.1) is 0 Å². The molecule has 0 aromatic rings. The molecule has 0 fully saturated rings. The van der Waals surface area contributed by atoms with Gasteiger partial charge in [0, 0.05) is 12.8 Å². The largest absolute Gasteiger partial charge is 0.466 e. The number of ether oxygens (including phenoxy) is 1. The van der Waals surface area contributed by atoms with Crippen molar-refractivity contribution in [3.8, 4) is 0 Å². The minimum Gasteiger partial charge on any atom is -0.466 e. The molecule has 0 aromatic heterocycles. The van der Waals surface area contributed by atoms with Gasteiger partial charge in [0.25, 0.3) is 0 Å². The van der Waals surface area contributed by atoms with Crippen LogP contribution in [0.5, 0.6) is 0 Å². The van der Waals surface area contributed by atoms with E-state index in [1.54, 1.807) is 6.08 Å². The molecule has 1 amide bonds. The number of amides is 1. The predicted molar refractivity (Wildman–Crippen MR) is 343 cm³/mol. The van der Waals surface area contributed by atoms with Crippen LogP contribution in [0.15, 0.2) is 36.5 Å². The molecule has 460 valence electrons. The topological polar surface area (TPSA) is 95.9 Å². The summed E-state index contributed by atoms with van der Waals surface area (Å²) in [6, 6.07) is -0.630. The summed E-state index contributed by atoms with van der Waals surface area (Å²) in [7, 11) is 0. The normalized spacial score (nSPS) is 12.7. The average Bonchev–Trinajstić information content (AvgIpc) is 3.44. The lowest BCUT2D eigenvalue weighted by Gasteiger charge is -2.20. The van der Waals surface area contributed by atoms with Crippen LogP contribution >= 0.6 is 0 Å². The van der Waals surface area contributed by atoms with E-state index in [2.05, 4.69) is 43.5 Å². The van der Waals surface area contributed by atoms with Gasteiger partial charge in [0.05, 0.1) is 25.4 Å². The number of hydrogen-bond acceptors (Lipinski definition) is 5. The van der Waals surface area contributed by atoms with Crippen molar-refractivity contribution in [2.75, 3.05) is 13.2 Å². The Morgan fingerprint density at radius 3 is 0.974 bits per heavy atom. The Labute approximate surface area is 487 Å². The molecule has 6 heteroatoms. The first-order valence-corrected chi connectivity index (χ1v) is 35.3. The summed E-state index contributed by atoms with van der Waals surface area (Å²) < 4.78 is 5.47. The fourth-order valence-electron chi connectivity index (χ4n) is 11.0. The highest BCUT2D eigenvalue weighted by Crippen LogP contribution is 2.18. The van der Waals surface area contributed by atoms with Crippen molar-refractivity contribution in [3.63, 3.8) is 0 Å². The van der Waals surface area contributed by atoms with E-state index in [0.717, 1.165) is 44.9 Å². The lowest BCUT2D eigenvalue weighted by molar-refractivity contribution is -0.143. The summed E-state index contributed by atoms with van der Waals surface area (Å²) >= 11 is 0. The molecule has 0 saturated carbocycles. The summed E-state index contributed by atoms with van der Waals surface area (Å²) in [5.74, 6) is -0.0537. The van der Waals surface area contributed by atoms with Gasteiger partial charge >= 0.3 is 5.97 Å². The van der Waals surface area contributed by atoms with Gasteiger partial charge in [0.2, 0.25) is 5.91 Å². The van der Waals surface area contributed by atoms with Gasteiger partial charge in [0.15, 0.2) is 0 Å².